The van der Waals surface area contributed by atoms with Crippen LogP contribution >= 0.6 is 11.6 Å². The lowest BCUT2D eigenvalue weighted by molar-refractivity contribution is 0.102. The zero-order valence-corrected chi connectivity index (χ0v) is 13.4. The quantitative estimate of drug-likeness (QED) is 0.723. The van der Waals surface area contributed by atoms with Gasteiger partial charge in [0.05, 0.1) is 5.02 Å². The molecule has 1 aromatic heterocycles. The van der Waals surface area contributed by atoms with Crippen LogP contribution in [0.2, 0.25) is 5.02 Å². The van der Waals surface area contributed by atoms with Gasteiger partial charge in [-0.05, 0) is 36.4 Å². The molecule has 1 heterocycles. The average Bonchev–Trinajstić information content (AvgIpc) is 2.58. The van der Waals surface area contributed by atoms with Gasteiger partial charge in [0.15, 0.2) is 0 Å². The van der Waals surface area contributed by atoms with E-state index in [-0.39, 0.29) is 10.7 Å². The fraction of sp³-hybridized carbons (Fsp3) is 0. The summed E-state index contributed by atoms with van der Waals surface area (Å²) in [4.78, 5) is 20.1. The van der Waals surface area contributed by atoms with E-state index >= 15 is 0 Å². The van der Waals surface area contributed by atoms with Gasteiger partial charge in [0.2, 0.25) is 0 Å². The summed E-state index contributed by atoms with van der Waals surface area (Å²) in [6.07, 6.45) is 1.20. The molecule has 0 saturated carbocycles. The van der Waals surface area contributed by atoms with Crippen molar-refractivity contribution in [2.45, 2.75) is 0 Å². The Morgan fingerprint density at radius 2 is 1.84 bits per heavy atom. The van der Waals surface area contributed by atoms with E-state index in [2.05, 4.69) is 20.6 Å². The number of anilines is 3. The molecular weight excluding hydrogens is 350 g/mol. The van der Waals surface area contributed by atoms with Crippen molar-refractivity contribution in [1.29, 1.82) is 0 Å². The second-order valence-corrected chi connectivity index (χ2v) is 5.41. The average molecular weight is 361 g/mol. The molecule has 25 heavy (non-hydrogen) atoms. The molecule has 0 aliphatic heterocycles. The number of carbonyl (C=O) groups is 1. The molecule has 3 rings (SSSR count). The number of hydrogen-bond donors (Lipinski definition) is 2. The Morgan fingerprint density at radius 1 is 1.00 bits per heavy atom. The number of aromatic nitrogens is 2. The van der Waals surface area contributed by atoms with Crippen LogP contribution in [0.4, 0.5) is 26.0 Å². The van der Waals surface area contributed by atoms with Crippen molar-refractivity contribution in [2.24, 2.45) is 0 Å². The molecule has 8 heteroatoms. The van der Waals surface area contributed by atoms with Crippen LogP contribution in [0, 0.1) is 11.6 Å². The maximum Gasteiger partial charge on any atom is 0.274 e. The van der Waals surface area contributed by atoms with Gasteiger partial charge >= 0.3 is 0 Å². The predicted molar refractivity (Wildman–Crippen MR) is 91.1 cm³/mol. The minimum atomic E-state index is -0.537. The molecule has 5 nitrogen and oxygen atoms in total. The van der Waals surface area contributed by atoms with Gasteiger partial charge in [-0.3, -0.25) is 4.79 Å². The Balaban J connectivity index is 1.76. The molecule has 126 valence electrons. The maximum atomic E-state index is 13.2. The third kappa shape index (κ3) is 4.27. The van der Waals surface area contributed by atoms with Crippen molar-refractivity contribution < 1.29 is 13.6 Å². The van der Waals surface area contributed by atoms with E-state index < -0.39 is 17.5 Å². The standard InChI is InChI=1S/C17H11ClF2N4O/c18-13-7-12(4-5-14(13)20)23-16-8-15(21-9-22-16)17(25)24-11-3-1-2-10(19)6-11/h1-9H,(H,24,25)(H,21,22,23). The van der Waals surface area contributed by atoms with Crippen molar-refractivity contribution in [2.75, 3.05) is 10.6 Å². The van der Waals surface area contributed by atoms with Gasteiger partial charge in [0.1, 0.15) is 29.5 Å². The Labute approximate surface area is 146 Å². The first kappa shape index (κ1) is 16.8. The van der Waals surface area contributed by atoms with Crippen molar-refractivity contribution in [3.63, 3.8) is 0 Å². The highest BCUT2D eigenvalue weighted by molar-refractivity contribution is 6.31. The highest BCUT2D eigenvalue weighted by atomic mass is 35.5. The molecule has 0 radical (unpaired) electrons. The summed E-state index contributed by atoms with van der Waals surface area (Å²) in [5.41, 5.74) is 0.889. The molecule has 2 aromatic carbocycles. The number of hydrogen-bond acceptors (Lipinski definition) is 4. The summed E-state index contributed by atoms with van der Waals surface area (Å²) in [7, 11) is 0. The topological polar surface area (TPSA) is 66.9 Å². The van der Waals surface area contributed by atoms with Crippen LogP contribution in [-0.4, -0.2) is 15.9 Å². The molecule has 0 unspecified atom stereocenters. The van der Waals surface area contributed by atoms with E-state index in [4.69, 9.17) is 11.6 Å². The van der Waals surface area contributed by atoms with Crippen LogP contribution in [0.15, 0.2) is 54.9 Å². The molecule has 0 atom stereocenters. The fourth-order valence-electron chi connectivity index (χ4n) is 2.03. The van der Waals surface area contributed by atoms with E-state index in [0.717, 1.165) is 0 Å². The Bertz CT molecular complexity index is 936. The number of nitrogens with zero attached hydrogens (tertiary/aromatic N) is 2. The highest BCUT2D eigenvalue weighted by Crippen LogP contribution is 2.22. The number of carbonyl (C=O) groups excluding carboxylic acids is 1. The number of rotatable bonds is 4. The SMILES string of the molecule is O=C(Nc1cccc(F)c1)c1cc(Nc2ccc(F)c(Cl)c2)ncn1. The van der Waals surface area contributed by atoms with Gasteiger partial charge in [-0.25, -0.2) is 18.7 Å². The molecule has 0 saturated heterocycles. The summed E-state index contributed by atoms with van der Waals surface area (Å²) in [5, 5.41) is 5.40. The van der Waals surface area contributed by atoms with Crippen molar-refractivity contribution in [3.8, 4) is 0 Å². The second kappa shape index (κ2) is 7.23. The first-order valence-electron chi connectivity index (χ1n) is 7.12. The van der Waals surface area contributed by atoms with Gasteiger partial charge < -0.3 is 10.6 Å². The van der Waals surface area contributed by atoms with Crippen LogP contribution in [-0.2, 0) is 0 Å². The first-order chi connectivity index (χ1) is 12.0. The second-order valence-electron chi connectivity index (χ2n) is 5.01. The summed E-state index contributed by atoms with van der Waals surface area (Å²) in [6.45, 7) is 0. The molecule has 0 aliphatic rings. The summed E-state index contributed by atoms with van der Waals surface area (Å²) in [5.74, 6) is -1.20. The number of benzene rings is 2. The molecule has 0 bridgehead atoms. The van der Waals surface area contributed by atoms with Crippen molar-refractivity contribution in [3.05, 3.63) is 77.2 Å². The number of halogens is 3. The van der Waals surface area contributed by atoms with E-state index in [0.29, 0.717) is 17.2 Å². The molecule has 1 amide bonds. The van der Waals surface area contributed by atoms with Crippen molar-refractivity contribution >= 4 is 34.7 Å². The van der Waals surface area contributed by atoms with E-state index in [9.17, 15) is 13.6 Å². The maximum absolute atomic E-state index is 13.2. The van der Waals surface area contributed by atoms with Gasteiger partial charge in [0.25, 0.3) is 5.91 Å². The fourth-order valence-corrected chi connectivity index (χ4v) is 2.21. The lowest BCUT2D eigenvalue weighted by Crippen LogP contribution is -2.14. The number of amides is 1. The normalized spacial score (nSPS) is 10.4. The highest BCUT2D eigenvalue weighted by Gasteiger charge is 2.10. The molecule has 3 aromatic rings. The Hall–Kier alpha value is -3.06. The molecule has 0 fully saturated rings. The molecule has 0 aliphatic carbocycles. The van der Waals surface area contributed by atoms with Gasteiger partial charge in [-0.15, -0.1) is 0 Å². The van der Waals surface area contributed by atoms with E-state index in [1.165, 1.54) is 48.8 Å². The van der Waals surface area contributed by atoms with Crippen molar-refractivity contribution in [1.82, 2.24) is 9.97 Å². The molecule has 2 N–H and O–H groups in total. The largest absolute Gasteiger partial charge is 0.340 e. The smallest absolute Gasteiger partial charge is 0.274 e. The zero-order chi connectivity index (χ0) is 17.8. The molecular formula is C17H11ClF2N4O. The third-order valence-corrected chi connectivity index (χ3v) is 3.46. The van der Waals surface area contributed by atoms with Gasteiger partial charge in [0, 0.05) is 17.4 Å². The lowest BCUT2D eigenvalue weighted by Gasteiger charge is -2.08. The third-order valence-electron chi connectivity index (χ3n) is 3.17. The summed E-state index contributed by atoms with van der Waals surface area (Å²) < 4.78 is 26.3. The van der Waals surface area contributed by atoms with Crippen LogP contribution in [0.5, 0.6) is 0 Å². The minimum Gasteiger partial charge on any atom is -0.340 e. The minimum absolute atomic E-state index is 0.0388. The Kier molecular flexibility index (Phi) is 4.85. The first-order valence-corrected chi connectivity index (χ1v) is 7.50. The van der Waals surface area contributed by atoms with Gasteiger partial charge in [-0.1, -0.05) is 17.7 Å². The van der Waals surface area contributed by atoms with Gasteiger partial charge in [-0.2, -0.15) is 0 Å². The Morgan fingerprint density at radius 3 is 2.60 bits per heavy atom. The molecule has 0 spiro atoms. The lowest BCUT2D eigenvalue weighted by atomic mass is 10.3. The van der Waals surface area contributed by atoms with Crippen LogP contribution in [0.1, 0.15) is 10.5 Å². The van der Waals surface area contributed by atoms with Crippen LogP contribution in [0.3, 0.4) is 0 Å². The predicted octanol–water partition coefficient (Wildman–Crippen LogP) is 4.40. The van der Waals surface area contributed by atoms with E-state index in [1.807, 2.05) is 0 Å². The number of nitrogens with one attached hydrogen (secondary N) is 2. The monoisotopic (exact) mass is 360 g/mol. The van der Waals surface area contributed by atoms with E-state index in [1.54, 1.807) is 6.07 Å². The van der Waals surface area contributed by atoms with Crippen LogP contribution < -0.4 is 10.6 Å². The summed E-state index contributed by atoms with van der Waals surface area (Å²) in [6, 6.07) is 11.0. The van der Waals surface area contributed by atoms with Crippen LogP contribution in [0.25, 0.3) is 0 Å². The summed E-state index contributed by atoms with van der Waals surface area (Å²) >= 11 is 5.72. The zero-order valence-electron chi connectivity index (χ0n) is 12.6.